The molecule has 2 nitrogen and oxygen atoms in total. The molecule has 2 heterocycles. The van der Waals surface area contributed by atoms with Crippen LogP contribution in [-0.4, -0.2) is 0 Å². The number of nitrogens with zero attached hydrogens (tertiary/aromatic N) is 2. The minimum Gasteiger partial charge on any atom is -0.310 e. The molecule has 14 aromatic rings. The topological polar surface area (TPSA) is 6.48 Å². The van der Waals surface area contributed by atoms with Crippen LogP contribution in [0.25, 0.3) is 73.4 Å². The average Bonchev–Trinajstić information content (AvgIpc) is 4.39. The van der Waals surface area contributed by atoms with Crippen LogP contribution in [0.5, 0.6) is 0 Å². The largest absolute Gasteiger partial charge is 0.310 e. The average molecular weight is 1030 g/mol. The lowest BCUT2D eigenvalue weighted by molar-refractivity contribution is 0.714. The molecule has 0 spiro atoms. The fourth-order valence-electron chi connectivity index (χ4n) is 13.5. The van der Waals surface area contributed by atoms with Crippen LogP contribution in [0.1, 0.15) is 47.2 Å². The molecule has 368 valence electrons. The summed E-state index contributed by atoms with van der Waals surface area (Å²) in [7, 11) is 0. The fraction of sp³-hybridized carbons (Fsp3) is 0.0541. The zero-order valence-electron chi connectivity index (χ0n) is 43.1. The summed E-state index contributed by atoms with van der Waals surface area (Å²) < 4.78 is 5.17. The summed E-state index contributed by atoms with van der Waals surface area (Å²) in [5.74, 6) is 0. The summed E-state index contributed by atoms with van der Waals surface area (Å²) in [5.41, 5.74) is 19.7. The normalized spacial score (nSPS) is 13.7. The third-order valence-corrected chi connectivity index (χ3v) is 19.6. The van der Waals surface area contributed by atoms with E-state index in [1.54, 1.807) is 0 Å². The SMILES string of the molecule is CC1(c2ccc(N(c3ccccc3)c3ccc4c(c3)sc3cc5cc6sc7cc(N(c8ccccc8)c8ccc(C9(C)c%10ccccc%10-c%10ccccc%109)cc8)ccc7c6cc5cc34)cc2)c2ccccc2-c2ccccc21. The van der Waals surface area contributed by atoms with Crippen molar-refractivity contribution in [1.82, 2.24) is 0 Å². The maximum absolute atomic E-state index is 2.43. The van der Waals surface area contributed by atoms with E-state index in [9.17, 15) is 0 Å². The van der Waals surface area contributed by atoms with Crippen molar-refractivity contribution in [3.05, 3.63) is 300 Å². The van der Waals surface area contributed by atoms with Crippen LogP contribution in [-0.2, 0) is 10.8 Å². The van der Waals surface area contributed by atoms with Gasteiger partial charge in [0.25, 0.3) is 0 Å². The van der Waals surface area contributed by atoms with Gasteiger partial charge in [-0.05, 0) is 177 Å². The first-order valence-corrected chi connectivity index (χ1v) is 28.6. The van der Waals surface area contributed by atoms with Crippen molar-refractivity contribution in [3.8, 4) is 22.3 Å². The Morgan fingerprint density at radius 3 is 0.923 bits per heavy atom. The highest BCUT2D eigenvalue weighted by Gasteiger charge is 2.42. The Hall–Kier alpha value is -9.06. The Balaban J connectivity index is 0.741. The van der Waals surface area contributed by atoms with E-state index in [4.69, 9.17) is 0 Å². The first-order chi connectivity index (χ1) is 38.4. The molecule has 12 aromatic carbocycles. The minimum absolute atomic E-state index is 0.245. The van der Waals surface area contributed by atoms with Crippen molar-refractivity contribution in [2.24, 2.45) is 0 Å². The first-order valence-electron chi connectivity index (χ1n) is 27.0. The maximum atomic E-state index is 2.43. The van der Waals surface area contributed by atoms with Gasteiger partial charge < -0.3 is 9.80 Å². The predicted octanol–water partition coefficient (Wildman–Crippen LogP) is 21.2. The molecule has 0 bridgehead atoms. The number of rotatable bonds is 8. The lowest BCUT2D eigenvalue weighted by atomic mass is 9.74. The summed E-state index contributed by atoms with van der Waals surface area (Å²) >= 11 is 3.78. The van der Waals surface area contributed by atoms with Crippen LogP contribution in [0.15, 0.2) is 267 Å². The Labute approximate surface area is 462 Å². The number of anilines is 6. The lowest BCUT2D eigenvalue weighted by Gasteiger charge is -2.30. The zero-order valence-corrected chi connectivity index (χ0v) is 44.7. The number of fused-ring (bicyclic) bond motifs is 13. The smallest absolute Gasteiger partial charge is 0.0476 e. The van der Waals surface area contributed by atoms with Crippen molar-refractivity contribution >= 4 is 108 Å². The molecule has 0 unspecified atom stereocenters. The van der Waals surface area contributed by atoms with E-state index in [1.165, 1.54) is 107 Å². The summed E-state index contributed by atoms with van der Waals surface area (Å²) in [6.07, 6.45) is 0. The third-order valence-electron chi connectivity index (χ3n) is 17.4. The summed E-state index contributed by atoms with van der Waals surface area (Å²) in [6, 6.07) is 99.6. The Morgan fingerprint density at radius 2 is 0.551 bits per heavy atom. The van der Waals surface area contributed by atoms with E-state index in [2.05, 4.69) is 291 Å². The second-order valence-corrected chi connectivity index (χ2v) is 23.6. The van der Waals surface area contributed by atoms with Crippen LogP contribution >= 0.6 is 22.7 Å². The van der Waals surface area contributed by atoms with Gasteiger partial charge in [0.15, 0.2) is 0 Å². The van der Waals surface area contributed by atoms with E-state index in [0.29, 0.717) is 0 Å². The molecule has 0 radical (unpaired) electrons. The maximum Gasteiger partial charge on any atom is 0.0476 e. The van der Waals surface area contributed by atoms with Crippen molar-refractivity contribution in [2.75, 3.05) is 9.80 Å². The molecule has 0 atom stereocenters. The molecule has 2 aromatic heterocycles. The van der Waals surface area contributed by atoms with Crippen LogP contribution < -0.4 is 9.80 Å². The highest BCUT2D eigenvalue weighted by Crippen LogP contribution is 2.55. The minimum atomic E-state index is -0.245. The molecule has 0 amide bonds. The quantitative estimate of drug-likeness (QED) is 0.150. The monoisotopic (exact) mass is 1030 g/mol. The number of hydrogen-bond donors (Lipinski definition) is 0. The van der Waals surface area contributed by atoms with Crippen LogP contribution in [0, 0.1) is 0 Å². The molecule has 4 heteroatoms. The van der Waals surface area contributed by atoms with E-state index in [-0.39, 0.29) is 10.8 Å². The van der Waals surface area contributed by atoms with E-state index in [0.717, 1.165) is 34.1 Å². The van der Waals surface area contributed by atoms with Crippen molar-refractivity contribution < 1.29 is 0 Å². The number of hydrogen-bond acceptors (Lipinski definition) is 4. The second kappa shape index (κ2) is 17.2. The number of thiophene rings is 2. The van der Waals surface area contributed by atoms with Gasteiger partial charge in [-0.2, -0.15) is 0 Å². The van der Waals surface area contributed by atoms with Gasteiger partial charge in [-0.25, -0.2) is 0 Å². The molecule has 2 aliphatic rings. The molecule has 0 saturated heterocycles. The van der Waals surface area contributed by atoms with E-state index >= 15 is 0 Å². The Morgan fingerprint density at radius 1 is 0.256 bits per heavy atom. The zero-order chi connectivity index (χ0) is 51.7. The van der Waals surface area contributed by atoms with Crippen molar-refractivity contribution in [3.63, 3.8) is 0 Å². The van der Waals surface area contributed by atoms with Gasteiger partial charge in [-0.15, -0.1) is 22.7 Å². The van der Waals surface area contributed by atoms with Gasteiger partial charge in [-0.1, -0.05) is 170 Å². The predicted molar refractivity (Wildman–Crippen MR) is 334 cm³/mol. The standard InChI is InChI=1S/C74H50N2S2/c1-73(65-25-13-9-21-57(65)58-22-10-14-26-66(58)73)49-29-33-53(34-30-49)75(51-17-5-3-6-18-51)55-37-39-61-63-41-47-42-64-62-40-38-56(46-72(62)78-70(64)44-48(47)43-69(63)77-71(61)45-55)76(52-19-7-4-8-20-52)54-35-31-50(32-36-54)74(2)67-27-15-11-23-59(67)60-24-12-16-28-68(60)74/h3-46H,1-2H3. The highest BCUT2D eigenvalue weighted by molar-refractivity contribution is 7.26. The highest BCUT2D eigenvalue weighted by atomic mass is 32.1. The molecular formula is C74H50N2S2. The van der Waals surface area contributed by atoms with Gasteiger partial charge in [-0.3, -0.25) is 0 Å². The molecule has 0 saturated carbocycles. The Kier molecular flexibility index (Phi) is 9.97. The summed E-state index contributed by atoms with van der Waals surface area (Å²) in [5, 5.41) is 7.72. The van der Waals surface area contributed by atoms with Gasteiger partial charge in [0, 0.05) is 85.3 Å². The number of para-hydroxylation sites is 2. The van der Waals surface area contributed by atoms with Gasteiger partial charge in [0.2, 0.25) is 0 Å². The molecule has 0 N–H and O–H groups in total. The Bertz CT molecular complexity index is 4320. The van der Waals surface area contributed by atoms with E-state index in [1.807, 2.05) is 22.7 Å². The van der Waals surface area contributed by atoms with Crippen molar-refractivity contribution in [2.45, 2.75) is 24.7 Å². The van der Waals surface area contributed by atoms with Crippen LogP contribution in [0.2, 0.25) is 0 Å². The second-order valence-electron chi connectivity index (χ2n) is 21.5. The molecule has 0 aliphatic heterocycles. The third kappa shape index (κ3) is 6.67. The lowest BCUT2D eigenvalue weighted by Crippen LogP contribution is -2.22. The van der Waals surface area contributed by atoms with Crippen LogP contribution in [0.3, 0.4) is 0 Å². The first kappa shape index (κ1) is 45.2. The van der Waals surface area contributed by atoms with Gasteiger partial charge in [0.05, 0.1) is 0 Å². The van der Waals surface area contributed by atoms with E-state index < -0.39 is 0 Å². The molecule has 78 heavy (non-hydrogen) atoms. The molecule has 0 fully saturated rings. The van der Waals surface area contributed by atoms with Gasteiger partial charge in [0.1, 0.15) is 0 Å². The fourth-order valence-corrected chi connectivity index (χ4v) is 15.9. The van der Waals surface area contributed by atoms with Crippen LogP contribution in [0.4, 0.5) is 34.1 Å². The molecule has 16 rings (SSSR count). The van der Waals surface area contributed by atoms with Crippen molar-refractivity contribution in [1.29, 1.82) is 0 Å². The number of benzene rings is 12. The molecular weight excluding hydrogens is 981 g/mol. The summed E-state index contributed by atoms with van der Waals surface area (Å²) in [4.78, 5) is 4.80. The van der Waals surface area contributed by atoms with Gasteiger partial charge >= 0.3 is 0 Å². The summed E-state index contributed by atoms with van der Waals surface area (Å²) in [6.45, 7) is 4.77. The molecule has 2 aliphatic carbocycles.